The molecule has 2 nitrogen and oxygen atoms in total. The number of hydrogen-bond donors (Lipinski definition) is 0. The molecule has 0 bridgehead atoms. The van der Waals surface area contributed by atoms with Gasteiger partial charge in [0.15, 0.2) is 0 Å². The van der Waals surface area contributed by atoms with Gasteiger partial charge >= 0.3 is 0 Å². The van der Waals surface area contributed by atoms with Gasteiger partial charge in [0.1, 0.15) is 5.72 Å². The zero-order valence-electron chi connectivity index (χ0n) is 6.60. The quantitative estimate of drug-likeness (QED) is 0.503. The van der Waals surface area contributed by atoms with Gasteiger partial charge < -0.3 is 4.74 Å². The van der Waals surface area contributed by atoms with Crippen LogP contribution in [0, 0.1) is 0 Å². The van der Waals surface area contributed by atoms with Gasteiger partial charge in [-0.1, -0.05) is 0 Å². The van der Waals surface area contributed by atoms with E-state index in [9.17, 15) is 0 Å². The number of likely N-dealkylation sites (tertiary alicyclic amines) is 1. The highest BCUT2D eigenvalue weighted by Crippen LogP contribution is 2.37. The second-order valence-corrected chi connectivity index (χ2v) is 3.42. The van der Waals surface area contributed by atoms with E-state index in [1.165, 1.54) is 32.2 Å². The maximum absolute atomic E-state index is 5.74. The topological polar surface area (TPSA) is 12.5 Å². The summed E-state index contributed by atoms with van der Waals surface area (Å²) in [6.45, 7) is 2.20. The minimum atomic E-state index is 0.181. The Labute approximate surface area is 62.2 Å². The first-order valence-corrected chi connectivity index (χ1v) is 4.19. The van der Waals surface area contributed by atoms with Crippen LogP contribution in [0.15, 0.2) is 0 Å². The lowest BCUT2D eigenvalue weighted by Gasteiger charge is -2.30. The van der Waals surface area contributed by atoms with Gasteiger partial charge in [0.25, 0.3) is 0 Å². The Hall–Kier alpha value is -0.0800. The van der Waals surface area contributed by atoms with Gasteiger partial charge in [-0.15, -0.1) is 0 Å². The molecule has 2 aliphatic heterocycles. The highest BCUT2D eigenvalue weighted by atomic mass is 16.5. The Balaban J connectivity index is 2.11. The van der Waals surface area contributed by atoms with E-state index in [4.69, 9.17) is 4.74 Å². The molecule has 0 aromatic rings. The summed E-state index contributed by atoms with van der Waals surface area (Å²) < 4.78 is 5.74. The Morgan fingerprint density at radius 3 is 2.60 bits per heavy atom. The third-order valence-corrected chi connectivity index (χ3v) is 2.84. The largest absolute Gasteiger partial charge is 0.360 e. The smallest absolute Gasteiger partial charge is 0.121 e. The molecule has 2 heteroatoms. The molecule has 1 atom stereocenters. The zero-order valence-corrected chi connectivity index (χ0v) is 6.60. The second-order valence-electron chi connectivity index (χ2n) is 3.42. The van der Waals surface area contributed by atoms with Crippen LogP contribution in [0.1, 0.15) is 25.7 Å². The lowest BCUT2D eigenvalue weighted by Crippen LogP contribution is -2.40. The number of hydrogen-bond acceptors (Lipinski definition) is 2. The molecule has 0 aromatic carbocycles. The summed E-state index contributed by atoms with van der Waals surface area (Å²) in [6, 6.07) is 0. The molecule has 2 heterocycles. The average Bonchev–Trinajstić information content (AvgIpc) is 2.48. The summed E-state index contributed by atoms with van der Waals surface area (Å²) in [5.41, 5.74) is 0.181. The van der Waals surface area contributed by atoms with Crippen LogP contribution in [-0.4, -0.2) is 30.8 Å². The minimum Gasteiger partial charge on any atom is -0.360 e. The van der Waals surface area contributed by atoms with Gasteiger partial charge in [-0.25, -0.2) is 0 Å². The van der Waals surface area contributed by atoms with E-state index in [-0.39, 0.29) is 5.72 Å². The number of ether oxygens (including phenoxy) is 1. The van der Waals surface area contributed by atoms with Gasteiger partial charge in [0.2, 0.25) is 0 Å². The summed E-state index contributed by atoms with van der Waals surface area (Å²) in [4.78, 5) is 2.38. The third-order valence-electron chi connectivity index (χ3n) is 2.84. The molecule has 0 aromatic heterocycles. The summed E-state index contributed by atoms with van der Waals surface area (Å²) in [5, 5.41) is 0. The maximum Gasteiger partial charge on any atom is 0.121 e. The zero-order chi connectivity index (χ0) is 7.03. The van der Waals surface area contributed by atoms with Gasteiger partial charge in [-0.3, -0.25) is 4.90 Å². The van der Waals surface area contributed by atoms with Crippen molar-refractivity contribution in [1.82, 2.24) is 4.90 Å². The lowest BCUT2D eigenvalue weighted by atomic mass is 10.1. The van der Waals surface area contributed by atoms with Crippen molar-refractivity contribution in [2.24, 2.45) is 0 Å². The first kappa shape index (κ1) is 6.62. The third kappa shape index (κ3) is 0.789. The first-order chi connectivity index (χ1) is 4.83. The van der Waals surface area contributed by atoms with Crippen molar-refractivity contribution >= 4 is 0 Å². The van der Waals surface area contributed by atoms with Crippen LogP contribution in [0.3, 0.4) is 0 Å². The minimum absolute atomic E-state index is 0.181. The van der Waals surface area contributed by atoms with Crippen molar-refractivity contribution in [2.75, 3.05) is 20.2 Å². The average molecular weight is 141 g/mol. The van der Waals surface area contributed by atoms with Crippen LogP contribution >= 0.6 is 0 Å². The molecule has 0 amide bonds. The van der Waals surface area contributed by atoms with Crippen LogP contribution in [-0.2, 0) is 4.74 Å². The van der Waals surface area contributed by atoms with E-state index in [2.05, 4.69) is 11.9 Å². The molecule has 1 spiro atoms. The van der Waals surface area contributed by atoms with E-state index >= 15 is 0 Å². The molecular formula is C8H15NO. The van der Waals surface area contributed by atoms with Gasteiger partial charge in [0, 0.05) is 13.2 Å². The summed E-state index contributed by atoms with van der Waals surface area (Å²) in [6.07, 6.45) is 5.08. The summed E-state index contributed by atoms with van der Waals surface area (Å²) in [5.74, 6) is 0. The number of nitrogens with zero attached hydrogens (tertiary/aromatic N) is 1. The van der Waals surface area contributed by atoms with E-state index < -0.39 is 0 Å². The molecule has 2 saturated heterocycles. The highest BCUT2D eigenvalue weighted by Gasteiger charge is 2.42. The molecule has 0 N–H and O–H groups in total. The Kier molecular flexibility index (Phi) is 1.46. The summed E-state index contributed by atoms with van der Waals surface area (Å²) in [7, 11) is 2.18. The van der Waals surface area contributed by atoms with Crippen molar-refractivity contribution in [3.8, 4) is 0 Å². The molecular weight excluding hydrogens is 126 g/mol. The SMILES string of the molecule is CN1CCCC12CCCO2. The summed E-state index contributed by atoms with van der Waals surface area (Å²) >= 11 is 0. The fourth-order valence-electron chi connectivity index (χ4n) is 2.17. The maximum atomic E-state index is 5.74. The predicted molar refractivity (Wildman–Crippen MR) is 39.8 cm³/mol. The van der Waals surface area contributed by atoms with Crippen molar-refractivity contribution in [3.63, 3.8) is 0 Å². The molecule has 0 aliphatic carbocycles. The van der Waals surface area contributed by atoms with Crippen LogP contribution in [0.25, 0.3) is 0 Å². The number of rotatable bonds is 0. The van der Waals surface area contributed by atoms with Gasteiger partial charge in [-0.2, -0.15) is 0 Å². The van der Waals surface area contributed by atoms with Crippen molar-refractivity contribution in [3.05, 3.63) is 0 Å². The fraction of sp³-hybridized carbons (Fsp3) is 1.00. The van der Waals surface area contributed by atoms with Gasteiger partial charge in [-0.05, 0) is 32.7 Å². The molecule has 0 saturated carbocycles. The standard InChI is InChI=1S/C8H15NO/c1-9-6-2-4-8(9)5-3-7-10-8/h2-7H2,1H3. The van der Waals surface area contributed by atoms with Crippen LogP contribution < -0.4 is 0 Å². The van der Waals surface area contributed by atoms with Crippen molar-refractivity contribution < 1.29 is 4.74 Å². The molecule has 10 heavy (non-hydrogen) atoms. The van der Waals surface area contributed by atoms with Crippen molar-refractivity contribution in [1.29, 1.82) is 0 Å². The highest BCUT2D eigenvalue weighted by molar-refractivity contribution is 4.88. The normalized spacial score (nSPS) is 41.7. The van der Waals surface area contributed by atoms with E-state index in [1.807, 2.05) is 0 Å². The Morgan fingerprint density at radius 2 is 2.10 bits per heavy atom. The van der Waals surface area contributed by atoms with E-state index in [0.29, 0.717) is 0 Å². The monoisotopic (exact) mass is 141 g/mol. The van der Waals surface area contributed by atoms with Crippen molar-refractivity contribution in [2.45, 2.75) is 31.4 Å². The molecule has 58 valence electrons. The molecule has 2 rings (SSSR count). The molecule has 2 aliphatic rings. The van der Waals surface area contributed by atoms with E-state index in [0.717, 1.165) is 6.61 Å². The fourth-order valence-corrected chi connectivity index (χ4v) is 2.17. The first-order valence-electron chi connectivity index (χ1n) is 4.19. The Bertz CT molecular complexity index is 124. The molecule has 2 fully saturated rings. The van der Waals surface area contributed by atoms with E-state index in [1.54, 1.807) is 0 Å². The second kappa shape index (κ2) is 2.21. The van der Waals surface area contributed by atoms with Crippen LogP contribution in [0.5, 0.6) is 0 Å². The predicted octanol–water partition coefficient (Wildman–Crippen LogP) is 1.22. The Morgan fingerprint density at radius 1 is 1.30 bits per heavy atom. The van der Waals surface area contributed by atoms with Crippen LogP contribution in [0.4, 0.5) is 0 Å². The lowest BCUT2D eigenvalue weighted by molar-refractivity contribution is -0.0856. The molecule has 0 radical (unpaired) electrons. The molecule has 1 unspecified atom stereocenters. The van der Waals surface area contributed by atoms with Gasteiger partial charge in [0.05, 0.1) is 0 Å². The van der Waals surface area contributed by atoms with Crippen LogP contribution in [0.2, 0.25) is 0 Å².